The average molecular weight is 454 g/mol. The summed E-state index contributed by atoms with van der Waals surface area (Å²) in [4.78, 5) is 16.8. The van der Waals surface area contributed by atoms with Crippen molar-refractivity contribution in [2.75, 3.05) is 13.2 Å². The second-order valence-electron chi connectivity index (χ2n) is 7.19. The summed E-state index contributed by atoms with van der Waals surface area (Å²) >= 11 is 0. The third-order valence-electron chi connectivity index (χ3n) is 4.83. The van der Waals surface area contributed by atoms with Gasteiger partial charge in [0.2, 0.25) is 0 Å². The Hall–Kier alpha value is -3.86. The molecule has 1 aromatic heterocycles. The maximum atomic E-state index is 12.7. The highest BCUT2D eigenvalue weighted by atomic mass is 19.4. The lowest BCUT2D eigenvalue weighted by molar-refractivity contribution is -0.137. The summed E-state index contributed by atoms with van der Waals surface area (Å²) in [5.41, 5.74) is 2.19. The normalized spacial score (nSPS) is 11.0. The predicted octanol–water partition coefficient (Wildman–Crippen LogP) is 5.75. The van der Waals surface area contributed by atoms with Crippen LogP contribution in [-0.2, 0) is 17.3 Å². The Bertz CT molecular complexity index is 1180. The van der Waals surface area contributed by atoms with Crippen LogP contribution in [-0.4, -0.2) is 24.2 Å². The highest BCUT2D eigenvalue weighted by molar-refractivity contribution is 5.96. The molecule has 0 bridgehead atoms. The number of pyridine rings is 1. The molecule has 0 amide bonds. The molecule has 2 aromatic carbocycles. The van der Waals surface area contributed by atoms with Crippen LogP contribution < -0.4 is 4.74 Å². The molecule has 33 heavy (non-hydrogen) atoms. The highest BCUT2D eigenvalue weighted by Crippen LogP contribution is 2.30. The molecule has 5 nitrogen and oxygen atoms in total. The zero-order valence-electron chi connectivity index (χ0n) is 18.1. The van der Waals surface area contributed by atoms with Crippen LogP contribution in [0.3, 0.4) is 0 Å². The van der Waals surface area contributed by atoms with Gasteiger partial charge in [0.15, 0.2) is 0 Å². The highest BCUT2D eigenvalue weighted by Gasteiger charge is 2.29. The fraction of sp³-hybridized carbons (Fsp3) is 0.240. The van der Waals surface area contributed by atoms with E-state index in [1.165, 1.54) is 12.1 Å². The quantitative estimate of drug-likeness (QED) is 0.426. The first-order chi connectivity index (χ1) is 15.7. The first-order valence-corrected chi connectivity index (χ1v) is 10.2. The van der Waals surface area contributed by atoms with Crippen molar-refractivity contribution >= 4 is 5.97 Å². The van der Waals surface area contributed by atoms with Crippen LogP contribution in [0, 0.1) is 18.3 Å². The molecule has 0 atom stereocenters. The molecule has 0 fully saturated rings. The van der Waals surface area contributed by atoms with E-state index < -0.39 is 17.7 Å². The van der Waals surface area contributed by atoms with E-state index >= 15 is 0 Å². The summed E-state index contributed by atoms with van der Waals surface area (Å²) in [5, 5.41) is 9.58. The van der Waals surface area contributed by atoms with Gasteiger partial charge in [0.1, 0.15) is 11.8 Å². The van der Waals surface area contributed by atoms with E-state index in [0.29, 0.717) is 40.2 Å². The third-order valence-corrected chi connectivity index (χ3v) is 4.83. The zero-order valence-corrected chi connectivity index (χ0v) is 18.1. The van der Waals surface area contributed by atoms with Gasteiger partial charge in [-0.25, -0.2) is 4.79 Å². The molecule has 0 aliphatic rings. The summed E-state index contributed by atoms with van der Waals surface area (Å²) in [6.07, 6.45) is -4.00. The zero-order chi connectivity index (χ0) is 24.0. The van der Waals surface area contributed by atoms with Gasteiger partial charge in [-0.3, -0.25) is 4.98 Å². The standard InChI is InChI=1S/C25H21F3N2O3/c1-3-32-24(31)21-10-4-16(2)30-23(21)18-7-11-22(19(14-18)15-29)33-13-12-17-5-8-20(9-6-17)25(26,27)28/h4-11,14H,3,12-13H2,1-2H3. The van der Waals surface area contributed by atoms with E-state index in [1.807, 2.05) is 0 Å². The van der Waals surface area contributed by atoms with Crippen LogP contribution in [0.5, 0.6) is 5.75 Å². The molecular formula is C25H21F3N2O3. The SMILES string of the molecule is CCOC(=O)c1ccc(C)nc1-c1ccc(OCCc2ccc(C(F)(F)F)cc2)c(C#N)c1. The summed E-state index contributed by atoms with van der Waals surface area (Å²) in [6.45, 7) is 3.91. The number of aryl methyl sites for hydroxylation is 1. The molecular weight excluding hydrogens is 433 g/mol. The number of carbonyl (C=O) groups excluding carboxylic acids is 1. The van der Waals surface area contributed by atoms with Crippen molar-refractivity contribution in [1.82, 2.24) is 4.98 Å². The lowest BCUT2D eigenvalue weighted by atomic mass is 10.0. The number of esters is 1. The molecule has 1 heterocycles. The summed E-state index contributed by atoms with van der Waals surface area (Å²) in [7, 11) is 0. The van der Waals surface area contributed by atoms with E-state index in [4.69, 9.17) is 9.47 Å². The van der Waals surface area contributed by atoms with Crippen molar-refractivity contribution in [2.45, 2.75) is 26.4 Å². The van der Waals surface area contributed by atoms with Crippen molar-refractivity contribution in [3.05, 3.63) is 82.5 Å². The van der Waals surface area contributed by atoms with Crippen LogP contribution in [0.4, 0.5) is 13.2 Å². The molecule has 0 saturated carbocycles. The van der Waals surface area contributed by atoms with Gasteiger partial charge in [0.05, 0.1) is 35.6 Å². The molecule has 0 N–H and O–H groups in total. The first-order valence-electron chi connectivity index (χ1n) is 10.2. The monoisotopic (exact) mass is 454 g/mol. The number of carbonyl (C=O) groups is 1. The molecule has 0 spiro atoms. The summed E-state index contributed by atoms with van der Waals surface area (Å²) in [5.74, 6) is -0.172. The minimum Gasteiger partial charge on any atom is -0.492 e. The lowest BCUT2D eigenvalue weighted by Crippen LogP contribution is -2.08. The number of aromatic nitrogens is 1. The Kier molecular flexibility index (Phi) is 7.34. The maximum absolute atomic E-state index is 12.7. The molecule has 3 aromatic rings. The Balaban J connectivity index is 1.77. The van der Waals surface area contributed by atoms with Crippen molar-refractivity contribution < 1.29 is 27.4 Å². The topological polar surface area (TPSA) is 72.2 Å². The molecule has 0 radical (unpaired) electrons. The van der Waals surface area contributed by atoms with Gasteiger partial charge in [-0.05, 0) is 61.9 Å². The molecule has 170 valence electrons. The van der Waals surface area contributed by atoms with Crippen molar-refractivity contribution in [3.8, 4) is 23.1 Å². The maximum Gasteiger partial charge on any atom is 0.416 e. The molecule has 0 aliphatic carbocycles. The smallest absolute Gasteiger partial charge is 0.416 e. The molecule has 0 saturated heterocycles. The van der Waals surface area contributed by atoms with Crippen LogP contribution >= 0.6 is 0 Å². The van der Waals surface area contributed by atoms with Gasteiger partial charge in [0.25, 0.3) is 0 Å². The van der Waals surface area contributed by atoms with Gasteiger partial charge < -0.3 is 9.47 Å². The Morgan fingerprint density at radius 3 is 2.45 bits per heavy atom. The number of alkyl halides is 3. The number of halogens is 3. The Morgan fingerprint density at radius 2 is 1.82 bits per heavy atom. The fourth-order valence-corrected chi connectivity index (χ4v) is 3.18. The largest absolute Gasteiger partial charge is 0.492 e. The number of hydrogen-bond acceptors (Lipinski definition) is 5. The van der Waals surface area contributed by atoms with Crippen LogP contribution in [0.1, 0.15) is 39.7 Å². The van der Waals surface area contributed by atoms with E-state index in [1.54, 1.807) is 44.2 Å². The number of rotatable bonds is 7. The number of nitriles is 1. The van der Waals surface area contributed by atoms with Crippen LogP contribution in [0.25, 0.3) is 11.3 Å². The van der Waals surface area contributed by atoms with Gasteiger partial charge in [-0.15, -0.1) is 0 Å². The second kappa shape index (κ2) is 10.2. The second-order valence-corrected chi connectivity index (χ2v) is 7.19. The molecule has 8 heteroatoms. The van der Waals surface area contributed by atoms with Gasteiger partial charge >= 0.3 is 12.1 Å². The van der Waals surface area contributed by atoms with E-state index in [0.717, 1.165) is 12.1 Å². The van der Waals surface area contributed by atoms with E-state index in [2.05, 4.69) is 11.1 Å². The first kappa shape index (κ1) is 23.8. The van der Waals surface area contributed by atoms with Gasteiger partial charge in [0, 0.05) is 17.7 Å². The Morgan fingerprint density at radius 1 is 1.09 bits per heavy atom. The predicted molar refractivity (Wildman–Crippen MR) is 116 cm³/mol. The van der Waals surface area contributed by atoms with Crippen LogP contribution in [0.2, 0.25) is 0 Å². The average Bonchev–Trinajstić information content (AvgIpc) is 2.79. The van der Waals surface area contributed by atoms with Gasteiger partial charge in [-0.2, -0.15) is 18.4 Å². The van der Waals surface area contributed by atoms with Gasteiger partial charge in [-0.1, -0.05) is 12.1 Å². The van der Waals surface area contributed by atoms with Crippen LogP contribution in [0.15, 0.2) is 54.6 Å². The number of hydrogen-bond donors (Lipinski definition) is 0. The minimum atomic E-state index is -4.38. The number of ether oxygens (including phenoxy) is 2. The van der Waals surface area contributed by atoms with Crippen molar-refractivity contribution in [2.24, 2.45) is 0 Å². The number of benzene rings is 2. The summed E-state index contributed by atoms with van der Waals surface area (Å²) in [6, 6.07) is 15.2. The number of nitrogens with zero attached hydrogens (tertiary/aromatic N) is 2. The summed E-state index contributed by atoms with van der Waals surface area (Å²) < 4.78 is 48.8. The van der Waals surface area contributed by atoms with Crippen molar-refractivity contribution in [3.63, 3.8) is 0 Å². The molecule has 0 aliphatic heterocycles. The van der Waals surface area contributed by atoms with Crippen molar-refractivity contribution in [1.29, 1.82) is 5.26 Å². The minimum absolute atomic E-state index is 0.177. The Labute approximate surface area is 189 Å². The third kappa shape index (κ3) is 5.89. The van der Waals surface area contributed by atoms with E-state index in [9.17, 15) is 23.2 Å². The molecule has 0 unspecified atom stereocenters. The molecule has 3 rings (SSSR count). The fourth-order valence-electron chi connectivity index (χ4n) is 3.18. The lowest BCUT2D eigenvalue weighted by Gasteiger charge is -2.12. The van der Waals surface area contributed by atoms with E-state index in [-0.39, 0.29) is 18.8 Å².